The Morgan fingerprint density at radius 3 is 1.88 bits per heavy atom. The van der Waals surface area contributed by atoms with Gasteiger partial charge < -0.3 is 0 Å². The molecule has 0 saturated heterocycles. The summed E-state index contributed by atoms with van der Waals surface area (Å²) in [6, 6.07) is 17.6. The molecule has 0 aromatic heterocycles. The predicted octanol–water partition coefficient (Wildman–Crippen LogP) is 4.69. The van der Waals surface area contributed by atoms with Crippen LogP contribution in [0.15, 0.2) is 77.7 Å². The van der Waals surface area contributed by atoms with E-state index in [2.05, 4.69) is 0 Å². The second-order valence-electron chi connectivity index (χ2n) is 5.66. The molecule has 0 unspecified atom stereocenters. The van der Waals surface area contributed by atoms with E-state index < -0.39 is 21.8 Å². The minimum atomic E-state index is -4.53. The Labute approximate surface area is 149 Å². The molecule has 0 bridgehead atoms. The summed E-state index contributed by atoms with van der Waals surface area (Å²) in [6.07, 6.45) is -4.53. The molecule has 134 valence electrons. The molecule has 2 N–H and O–H groups in total. The molecule has 0 aliphatic rings. The van der Waals surface area contributed by atoms with Crippen LogP contribution >= 0.6 is 0 Å². The van der Waals surface area contributed by atoms with Crippen LogP contribution in [0.1, 0.15) is 5.56 Å². The van der Waals surface area contributed by atoms with Crippen molar-refractivity contribution in [2.24, 2.45) is 5.14 Å². The van der Waals surface area contributed by atoms with Gasteiger partial charge in [-0.2, -0.15) is 13.2 Å². The third-order valence-corrected chi connectivity index (χ3v) is 4.86. The van der Waals surface area contributed by atoms with Gasteiger partial charge in [0.2, 0.25) is 10.0 Å². The van der Waals surface area contributed by atoms with Crippen molar-refractivity contribution in [3.63, 3.8) is 0 Å². The zero-order valence-electron chi connectivity index (χ0n) is 13.4. The maximum Gasteiger partial charge on any atom is 0.417 e. The summed E-state index contributed by atoms with van der Waals surface area (Å²) in [4.78, 5) is -0.102. The fourth-order valence-electron chi connectivity index (χ4n) is 2.77. The van der Waals surface area contributed by atoms with Gasteiger partial charge in [0, 0.05) is 5.56 Å². The summed E-state index contributed by atoms with van der Waals surface area (Å²) in [7, 11) is -3.88. The van der Waals surface area contributed by atoms with Gasteiger partial charge in [0.1, 0.15) is 0 Å². The maximum absolute atomic E-state index is 13.6. The average molecular weight is 377 g/mol. The first kappa shape index (κ1) is 18.2. The second-order valence-corrected chi connectivity index (χ2v) is 7.22. The third kappa shape index (κ3) is 3.63. The smallest absolute Gasteiger partial charge is 0.225 e. The third-order valence-electron chi connectivity index (χ3n) is 3.93. The number of rotatable bonds is 3. The van der Waals surface area contributed by atoms with E-state index in [0.717, 1.165) is 6.07 Å². The van der Waals surface area contributed by atoms with Crippen molar-refractivity contribution in [2.75, 3.05) is 0 Å². The molecule has 0 aliphatic heterocycles. The molecule has 0 fully saturated rings. The lowest BCUT2D eigenvalue weighted by molar-refractivity contribution is -0.137. The number of benzene rings is 3. The average Bonchev–Trinajstić information content (AvgIpc) is 2.60. The molecule has 0 amide bonds. The van der Waals surface area contributed by atoms with Gasteiger partial charge in [0.15, 0.2) is 0 Å². The van der Waals surface area contributed by atoms with Crippen LogP contribution in [0.4, 0.5) is 13.2 Å². The molecule has 0 radical (unpaired) electrons. The number of halogens is 3. The quantitative estimate of drug-likeness (QED) is 0.720. The van der Waals surface area contributed by atoms with Gasteiger partial charge in [-0.3, -0.25) is 0 Å². The van der Waals surface area contributed by atoms with Gasteiger partial charge in [-0.15, -0.1) is 0 Å². The molecule has 3 rings (SSSR count). The molecule has 26 heavy (non-hydrogen) atoms. The summed E-state index contributed by atoms with van der Waals surface area (Å²) in [5.41, 5.74) is 0.529. The lowest BCUT2D eigenvalue weighted by Crippen LogP contribution is -2.11. The van der Waals surface area contributed by atoms with Crippen molar-refractivity contribution < 1.29 is 21.6 Å². The highest BCUT2D eigenvalue weighted by Gasteiger charge is 2.34. The Morgan fingerprint density at radius 1 is 0.731 bits per heavy atom. The van der Waals surface area contributed by atoms with Gasteiger partial charge in [0.25, 0.3) is 0 Å². The molecule has 7 heteroatoms. The number of nitrogens with two attached hydrogens (primary N) is 1. The minimum Gasteiger partial charge on any atom is -0.225 e. The first-order valence-electron chi connectivity index (χ1n) is 7.57. The van der Waals surface area contributed by atoms with E-state index in [9.17, 15) is 21.6 Å². The summed E-state index contributed by atoms with van der Waals surface area (Å²) in [5.74, 6) is 0. The zero-order valence-corrected chi connectivity index (χ0v) is 14.2. The van der Waals surface area contributed by atoms with E-state index in [1.54, 1.807) is 36.4 Å². The predicted molar refractivity (Wildman–Crippen MR) is 93.7 cm³/mol. The lowest BCUT2D eigenvalue weighted by atomic mass is 9.90. The van der Waals surface area contributed by atoms with Crippen molar-refractivity contribution >= 4 is 10.0 Å². The van der Waals surface area contributed by atoms with E-state index in [-0.39, 0.29) is 10.5 Å². The number of hydrogen-bond donors (Lipinski definition) is 1. The van der Waals surface area contributed by atoms with Crippen molar-refractivity contribution in [3.8, 4) is 22.3 Å². The maximum atomic E-state index is 13.6. The fraction of sp³-hybridized carbons (Fsp3) is 0.0526. The van der Waals surface area contributed by atoms with Crippen LogP contribution < -0.4 is 5.14 Å². The second kappa shape index (κ2) is 6.59. The number of primary sulfonamides is 1. The van der Waals surface area contributed by atoms with E-state index in [4.69, 9.17) is 5.14 Å². The van der Waals surface area contributed by atoms with E-state index in [0.29, 0.717) is 16.7 Å². The highest BCUT2D eigenvalue weighted by molar-refractivity contribution is 7.89. The highest BCUT2D eigenvalue weighted by Crippen LogP contribution is 2.42. The molecule has 0 saturated carbocycles. The molecule has 3 aromatic carbocycles. The first-order chi connectivity index (χ1) is 12.2. The molecular formula is C19H14F3NO2S. The van der Waals surface area contributed by atoms with E-state index in [1.807, 2.05) is 0 Å². The van der Waals surface area contributed by atoms with Gasteiger partial charge in [-0.1, -0.05) is 54.6 Å². The van der Waals surface area contributed by atoms with E-state index in [1.165, 1.54) is 30.3 Å². The standard InChI is InChI=1S/C19H14F3NO2S/c20-19(21,22)17-8-4-7-16(18(17)14-5-2-1-3-6-14)13-9-11-15(12-10-13)26(23,24)25/h1-12H,(H2,23,24,25). The monoisotopic (exact) mass is 377 g/mol. The number of sulfonamides is 1. The van der Waals surface area contributed by atoms with Crippen molar-refractivity contribution in [3.05, 3.63) is 78.4 Å². The lowest BCUT2D eigenvalue weighted by Gasteiger charge is -2.17. The van der Waals surface area contributed by atoms with Crippen LogP contribution in [-0.4, -0.2) is 8.42 Å². The topological polar surface area (TPSA) is 60.2 Å². The summed E-state index contributed by atoms with van der Waals surface area (Å²) >= 11 is 0. The molecule has 3 nitrogen and oxygen atoms in total. The van der Waals surface area contributed by atoms with Gasteiger partial charge >= 0.3 is 6.18 Å². The Balaban J connectivity index is 2.25. The van der Waals surface area contributed by atoms with Gasteiger partial charge in [0.05, 0.1) is 10.5 Å². The Hall–Kier alpha value is -2.64. The SMILES string of the molecule is NS(=O)(=O)c1ccc(-c2cccc(C(F)(F)F)c2-c2ccccc2)cc1. The van der Waals surface area contributed by atoms with Crippen LogP contribution in [0.3, 0.4) is 0 Å². The van der Waals surface area contributed by atoms with Crippen LogP contribution in [0.5, 0.6) is 0 Å². The Kier molecular flexibility index (Phi) is 4.60. The Morgan fingerprint density at radius 2 is 1.35 bits per heavy atom. The number of hydrogen-bond acceptors (Lipinski definition) is 2. The van der Waals surface area contributed by atoms with Crippen LogP contribution in [-0.2, 0) is 16.2 Å². The van der Waals surface area contributed by atoms with E-state index >= 15 is 0 Å². The largest absolute Gasteiger partial charge is 0.417 e. The molecular weight excluding hydrogens is 363 g/mol. The normalized spacial score (nSPS) is 12.2. The molecule has 3 aromatic rings. The minimum absolute atomic E-state index is 0.0453. The zero-order chi connectivity index (χ0) is 18.9. The van der Waals surface area contributed by atoms with Crippen LogP contribution in [0.2, 0.25) is 0 Å². The highest BCUT2D eigenvalue weighted by atomic mass is 32.2. The summed E-state index contributed by atoms with van der Waals surface area (Å²) in [6.45, 7) is 0. The first-order valence-corrected chi connectivity index (χ1v) is 9.11. The molecule has 0 heterocycles. The van der Waals surface area contributed by atoms with Crippen molar-refractivity contribution in [1.82, 2.24) is 0 Å². The fourth-order valence-corrected chi connectivity index (χ4v) is 3.28. The molecule has 0 spiro atoms. The van der Waals surface area contributed by atoms with Gasteiger partial charge in [-0.25, -0.2) is 13.6 Å². The Bertz CT molecular complexity index is 1030. The number of alkyl halides is 3. The van der Waals surface area contributed by atoms with Crippen LogP contribution in [0, 0.1) is 0 Å². The summed E-state index contributed by atoms with van der Waals surface area (Å²) < 4.78 is 63.4. The van der Waals surface area contributed by atoms with Crippen molar-refractivity contribution in [2.45, 2.75) is 11.1 Å². The van der Waals surface area contributed by atoms with Crippen LogP contribution in [0.25, 0.3) is 22.3 Å². The molecule has 0 atom stereocenters. The summed E-state index contributed by atoms with van der Waals surface area (Å²) in [5, 5.41) is 5.07. The molecule has 0 aliphatic carbocycles. The van der Waals surface area contributed by atoms with Crippen molar-refractivity contribution in [1.29, 1.82) is 0 Å². The van der Waals surface area contributed by atoms with Gasteiger partial charge in [-0.05, 0) is 34.9 Å².